The van der Waals surface area contributed by atoms with E-state index in [-0.39, 0.29) is 17.6 Å². The van der Waals surface area contributed by atoms with Gasteiger partial charge in [-0.3, -0.25) is 9.59 Å². The Hall–Kier alpha value is -2.76. The van der Waals surface area contributed by atoms with Crippen molar-refractivity contribution in [3.05, 3.63) is 65.7 Å². The van der Waals surface area contributed by atoms with E-state index in [9.17, 15) is 18.4 Å². The van der Waals surface area contributed by atoms with Gasteiger partial charge in [0.2, 0.25) is 5.91 Å². The number of nitrogens with zero attached hydrogens (tertiary/aromatic N) is 1. The Morgan fingerprint density at radius 3 is 2.17 bits per heavy atom. The Kier molecular flexibility index (Phi) is 4.55. The van der Waals surface area contributed by atoms with Crippen LogP contribution in [0.15, 0.2) is 48.5 Å². The highest BCUT2D eigenvalue weighted by molar-refractivity contribution is 6.01. The molecule has 0 aromatic heterocycles. The quantitative estimate of drug-likeness (QED) is 0.939. The average molecular weight is 330 g/mol. The van der Waals surface area contributed by atoms with Gasteiger partial charge in [-0.15, -0.1) is 0 Å². The van der Waals surface area contributed by atoms with Crippen molar-refractivity contribution >= 4 is 17.5 Å². The van der Waals surface area contributed by atoms with Crippen LogP contribution in [-0.2, 0) is 4.79 Å². The number of hydrogen-bond donors (Lipinski definition) is 1. The molecule has 2 aromatic carbocycles. The fourth-order valence-corrected chi connectivity index (χ4v) is 2.80. The second-order valence-corrected chi connectivity index (χ2v) is 5.66. The van der Waals surface area contributed by atoms with Crippen molar-refractivity contribution in [2.75, 3.05) is 11.9 Å². The van der Waals surface area contributed by atoms with Crippen LogP contribution < -0.4 is 5.32 Å². The first-order chi connectivity index (χ1) is 11.5. The van der Waals surface area contributed by atoms with E-state index in [4.69, 9.17) is 0 Å². The number of carbonyl (C=O) groups is 2. The van der Waals surface area contributed by atoms with Crippen LogP contribution in [0.25, 0.3) is 0 Å². The highest BCUT2D eigenvalue weighted by Crippen LogP contribution is 2.22. The first kappa shape index (κ1) is 16.1. The minimum absolute atomic E-state index is 0.299. The van der Waals surface area contributed by atoms with Crippen LogP contribution in [0.3, 0.4) is 0 Å². The zero-order valence-corrected chi connectivity index (χ0v) is 12.8. The lowest BCUT2D eigenvalue weighted by molar-refractivity contribution is -0.119. The molecule has 0 aliphatic carbocycles. The third-order valence-corrected chi connectivity index (χ3v) is 4.02. The lowest BCUT2D eigenvalue weighted by Crippen LogP contribution is -2.43. The van der Waals surface area contributed by atoms with E-state index in [1.54, 1.807) is 0 Å². The summed E-state index contributed by atoms with van der Waals surface area (Å²) in [5, 5.41) is 2.70. The van der Waals surface area contributed by atoms with E-state index in [2.05, 4.69) is 5.32 Å². The molecular weight excluding hydrogens is 314 g/mol. The Morgan fingerprint density at radius 1 is 0.958 bits per heavy atom. The van der Waals surface area contributed by atoms with Crippen LogP contribution in [0.5, 0.6) is 0 Å². The molecule has 0 radical (unpaired) electrons. The Balaban J connectivity index is 1.72. The first-order valence-corrected chi connectivity index (χ1v) is 7.67. The molecule has 0 bridgehead atoms. The van der Waals surface area contributed by atoms with E-state index in [1.165, 1.54) is 53.4 Å². The van der Waals surface area contributed by atoms with E-state index in [0.29, 0.717) is 30.6 Å². The van der Waals surface area contributed by atoms with E-state index < -0.39 is 11.9 Å². The van der Waals surface area contributed by atoms with Crippen molar-refractivity contribution in [3.8, 4) is 0 Å². The summed E-state index contributed by atoms with van der Waals surface area (Å²) in [7, 11) is 0. The molecule has 1 heterocycles. The van der Waals surface area contributed by atoms with Crippen molar-refractivity contribution in [2.45, 2.75) is 18.9 Å². The third-order valence-electron chi connectivity index (χ3n) is 4.02. The van der Waals surface area contributed by atoms with Gasteiger partial charge in [-0.1, -0.05) is 0 Å². The van der Waals surface area contributed by atoms with Crippen LogP contribution in [-0.4, -0.2) is 29.3 Å². The van der Waals surface area contributed by atoms with Gasteiger partial charge in [0, 0.05) is 17.8 Å². The van der Waals surface area contributed by atoms with E-state index in [0.717, 1.165) is 0 Å². The molecule has 1 N–H and O–H groups in total. The van der Waals surface area contributed by atoms with Gasteiger partial charge in [-0.2, -0.15) is 0 Å². The number of rotatable bonds is 3. The predicted octanol–water partition coefficient (Wildman–Crippen LogP) is 3.21. The van der Waals surface area contributed by atoms with E-state index in [1.807, 2.05) is 0 Å². The maximum Gasteiger partial charge on any atom is 0.254 e. The molecule has 1 unspecified atom stereocenters. The minimum atomic E-state index is -0.590. The summed E-state index contributed by atoms with van der Waals surface area (Å²) in [6, 6.07) is 10.1. The summed E-state index contributed by atoms with van der Waals surface area (Å²) in [6.07, 6.45) is 1.27. The molecule has 1 fully saturated rings. The molecular formula is C18H16F2N2O2. The first-order valence-electron chi connectivity index (χ1n) is 7.67. The van der Waals surface area contributed by atoms with Gasteiger partial charge >= 0.3 is 0 Å². The van der Waals surface area contributed by atoms with Crippen LogP contribution in [0.1, 0.15) is 23.2 Å². The van der Waals surface area contributed by atoms with Gasteiger partial charge in [0.1, 0.15) is 17.7 Å². The number of nitrogens with one attached hydrogen (secondary N) is 1. The summed E-state index contributed by atoms with van der Waals surface area (Å²) in [4.78, 5) is 26.5. The number of amides is 2. The van der Waals surface area contributed by atoms with Crippen molar-refractivity contribution in [1.82, 2.24) is 4.90 Å². The van der Waals surface area contributed by atoms with Gasteiger partial charge < -0.3 is 10.2 Å². The van der Waals surface area contributed by atoms with Gasteiger partial charge in [0.25, 0.3) is 5.91 Å². The van der Waals surface area contributed by atoms with E-state index >= 15 is 0 Å². The van der Waals surface area contributed by atoms with Gasteiger partial charge in [-0.05, 0) is 61.4 Å². The number of carbonyl (C=O) groups excluding carboxylic acids is 2. The zero-order valence-electron chi connectivity index (χ0n) is 12.8. The third kappa shape index (κ3) is 3.42. The molecule has 124 valence electrons. The molecule has 1 aliphatic heterocycles. The molecule has 1 aliphatic rings. The van der Waals surface area contributed by atoms with Crippen molar-refractivity contribution in [2.24, 2.45) is 0 Å². The standard InChI is InChI=1S/C18H16F2N2O2/c19-13-5-3-12(4-6-13)18(24)22-11-1-2-16(22)17(23)21-15-9-7-14(20)8-10-15/h3-10,16H,1-2,11H2,(H,21,23). The smallest absolute Gasteiger partial charge is 0.254 e. The second kappa shape index (κ2) is 6.78. The van der Waals surface area contributed by atoms with Crippen molar-refractivity contribution < 1.29 is 18.4 Å². The molecule has 0 saturated carbocycles. The highest BCUT2D eigenvalue weighted by atomic mass is 19.1. The Morgan fingerprint density at radius 2 is 1.54 bits per heavy atom. The average Bonchev–Trinajstić information content (AvgIpc) is 3.07. The van der Waals surface area contributed by atoms with Gasteiger partial charge in [-0.25, -0.2) is 8.78 Å². The lowest BCUT2D eigenvalue weighted by atomic mass is 10.1. The van der Waals surface area contributed by atoms with Crippen LogP contribution >= 0.6 is 0 Å². The van der Waals surface area contributed by atoms with Gasteiger partial charge in [0.15, 0.2) is 0 Å². The number of hydrogen-bond acceptors (Lipinski definition) is 2. The summed E-state index contributed by atoms with van der Waals surface area (Å²) in [5.41, 5.74) is 0.820. The topological polar surface area (TPSA) is 49.4 Å². The molecule has 2 amide bonds. The Bertz CT molecular complexity index is 745. The van der Waals surface area contributed by atoms with Crippen LogP contribution in [0, 0.1) is 11.6 Å². The molecule has 4 nitrogen and oxygen atoms in total. The largest absolute Gasteiger partial charge is 0.327 e. The normalized spacial score (nSPS) is 16.9. The summed E-state index contributed by atoms with van der Waals surface area (Å²) < 4.78 is 25.9. The number of halogens is 2. The maximum absolute atomic E-state index is 13.0. The fraction of sp³-hybridized carbons (Fsp3) is 0.222. The highest BCUT2D eigenvalue weighted by Gasteiger charge is 2.34. The molecule has 0 spiro atoms. The van der Waals surface area contributed by atoms with Crippen molar-refractivity contribution in [1.29, 1.82) is 0 Å². The number of anilines is 1. The van der Waals surface area contributed by atoms with Crippen LogP contribution in [0.4, 0.5) is 14.5 Å². The number of likely N-dealkylation sites (tertiary alicyclic amines) is 1. The summed E-state index contributed by atoms with van der Waals surface area (Å²) in [5.74, 6) is -1.41. The number of benzene rings is 2. The molecule has 24 heavy (non-hydrogen) atoms. The molecule has 1 atom stereocenters. The molecule has 6 heteroatoms. The second-order valence-electron chi connectivity index (χ2n) is 5.66. The van der Waals surface area contributed by atoms with Crippen molar-refractivity contribution in [3.63, 3.8) is 0 Å². The SMILES string of the molecule is O=C(Nc1ccc(F)cc1)C1CCCN1C(=O)c1ccc(F)cc1. The Labute approximate surface area is 138 Å². The predicted molar refractivity (Wildman–Crippen MR) is 85.5 cm³/mol. The fourth-order valence-electron chi connectivity index (χ4n) is 2.80. The molecule has 2 aromatic rings. The monoisotopic (exact) mass is 330 g/mol. The minimum Gasteiger partial charge on any atom is -0.327 e. The molecule has 3 rings (SSSR count). The summed E-state index contributed by atoms with van der Waals surface area (Å²) in [6.45, 7) is 0.470. The van der Waals surface area contributed by atoms with Gasteiger partial charge in [0.05, 0.1) is 0 Å². The molecule has 1 saturated heterocycles. The maximum atomic E-state index is 13.0. The zero-order chi connectivity index (χ0) is 17.1. The van der Waals surface area contributed by atoms with Crippen LogP contribution in [0.2, 0.25) is 0 Å². The summed E-state index contributed by atoms with van der Waals surface area (Å²) >= 11 is 0. The lowest BCUT2D eigenvalue weighted by Gasteiger charge is -2.24.